The van der Waals surface area contributed by atoms with Crippen LogP contribution in [0.5, 0.6) is 0 Å². The molecule has 0 saturated heterocycles. The molecule has 1 rings (SSSR count). The number of hydrogen-bond donors (Lipinski definition) is 1. The summed E-state index contributed by atoms with van der Waals surface area (Å²) in [6, 6.07) is 7.45. The molecule has 80 valence electrons. The zero-order valence-corrected chi connectivity index (χ0v) is 8.85. The van der Waals surface area contributed by atoms with Crippen LogP contribution in [0.2, 0.25) is 0 Å². The minimum absolute atomic E-state index is 0.246. The molecule has 0 aromatic heterocycles. The van der Waals surface area contributed by atoms with E-state index in [0.29, 0.717) is 5.46 Å². The molecule has 1 aromatic carbocycles. The number of hydrogen-bond acceptors (Lipinski definition) is 3. The van der Waals surface area contributed by atoms with Crippen molar-refractivity contribution >= 4 is 19.1 Å². The average molecular weight is 206 g/mol. The maximum absolute atomic E-state index is 10.0. The van der Waals surface area contributed by atoms with E-state index in [1.807, 2.05) is 12.1 Å². The van der Waals surface area contributed by atoms with Gasteiger partial charge in [0.2, 0.25) is 0 Å². The molecule has 0 saturated carbocycles. The first-order chi connectivity index (χ1) is 7.27. The summed E-state index contributed by atoms with van der Waals surface area (Å²) in [5.41, 5.74) is 1.83. The Morgan fingerprint density at radius 2 is 2.07 bits per heavy atom. The standard InChI is InChI=1S/C11H15BO3/c1-2-3-4-10-5-7-11(8-6-10)12(14)15-9-13/h5-9,14H,2-4H2,1H3. The molecule has 0 spiro atoms. The van der Waals surface area contributed by atoms with E-state index in [1.54, 1.807) is 12.1 Å². The van der Waals surface area contributed by atoms with Gasteiger partial charge in [-0.3, -0.25) is 4.79 Å². The molecule has 0 aliphatic heterocycles. The summed E-state index contributed by atoms with van der Waals surface area (Å²) in [4.78, 5) is 10.0. The lowest BCUT2D eigenvalue weighted by atomic mass is 9.79. The number of carbonyl (C=O) groups excluding carboxylic acids is 1. The molecule has 0 heterocycles. The number of rotatable bonds is 6. The molecule has 3 nitrogen and oxygen atoms in total. The van der Waals surface area contributed by atoms with Gasteiger partial charge in [0.1, 0.15) is 0 Å². The van der Waals surface area contributed by atoms with E-state index in [0.717, 1.165) is 12.8 Å². The summed E-state index contributed by atoms with van der Waals surface area (Å²) >= 11 is 0. The second kappa shape index (κ2) is 6.25. The summed E-state index contributed by atoms with van der Waals surface area (Å²) < 4.78 is 4.42. The van der Waals surface area contributed by atoms with Gasteiger partial charge in [-0.05, 0) is 23.9 Å². The quantitative estimate of drug-likeness (QED) is 0.555. The van der Waals surface area contributed by atoms with Gasteiger partial charge in [-0.2, -0.15) is 0 Å². The molecule has 4 heteroatoms. The van der Waals surface area contributed by atoms with Crippen molar-refractivity contribution in [1.82, 2.24) is 0 Å². The highest BCUT2D eigenvalue weighted by molar-refractivity contribution is 6.61. The van der Waals surface area contributed by atoms with E-state index in [2.05, 4.69) is 11.6 Å². The predicted octanol–water partition coefficient (Wildman–Crippen LogP) is 0.890. The lowest BCUT2D eigenvalue weighted by Gasteiger charge is -2.05. The van der Waals surface area contributed by atoms with Crippen molar-refractivity contribution in [2.24, 2.45) is 0 Å². The lowest BCUT2D eigenvalue weighted by Crippen LogP contribution is -2.33. The molecule has 1 N–H and O–H groups in total. The minimum Gasteiger partial charge on any atom is -0.508 e. The van der Waals surface area contributed by atoms with Crippen LogP contribution in [0.25, 0.3) is 0 Å². The molecule has 0 amide bonds. The van der Waals surface area contributed by atoms with Crippen LogP contribution in [0, 0.1) is 0 Å². The predicted molar refractivity (Wildman–Crippen MR) is 59.8 cm³/mol. The lowest BCUT2D eigenvalue weighted by molar-refractivity contribution is -0.121. The maximum Gasteiger partial charge on any atom is 0.561 e. The molecule has 0 unspecified atom stereocenters. The van der Waals surface area contributed by atoms with E-state index in [9.17, 15) is 9.82 Å². The van der Waals surface area contributed by atoms with E-state index in [1.165, 1.54) is 12.0 Å². The van der Waals surface area contributed by atoms with Crippen molar-refractivity contribution in [3.63, 3.8) is 0 Å². The van der Waals surface area contributed by atoms with Crippen LogP contribution in [0.1, 0.15) is 25.3 Å². The Kier molecular flexibility index (Phi) is 4.91. The van der Waals surface area contributed by atoms with E-state index >= 15 is 0 Å². The van der Waals surface area contributed by atoms with Crippen molar-refractivity contribution in [2.75, 3.05) is 0 Å². The minimum atomic E-state index is -1.15. The maximum atomic E-state index is 10.0. The number of unbranched alkanes of at least 4 members (excludes halogenated alkanes) is 1. The Balaban J connectivity index is 2.59. The highest BCUT2D eigenvalue weighted by Gasteiger charge is 2.16. The smallest absolute Gasteiger partial charge is 0.508 e. The monoisotopic (exact) mass is 206 g/mol. The van der Waals surface area contributed by atoms with Gasteiger partial charge in [0, 0.05) is 0 Å². The largest absolute Gasteiger partial charge is 0.561 e. The highest BCUT2D eigenvalue weighted by atomic mass is 16.5. The van der Waals surface area contributed by atoms with E-state index in [4.69, 9.17) is 0 Å². The van der Waals surface area contributed by atoms with Crippen molar-refractivity contribution < 1.29 is 14.5 Å². The number of carbonyl (C=O) groups is 1. The Labute approximate surface area is 90.2 Å². The zero-order chi connectivity index (χ0) is 11.1. The summed E-state index contributed by atoms with van der Waals surface area (Å²) in [7, 11) is -1.15. The van der Waals surface area contributed by atoms with Crippen molar-refractivity contribution in [3.8, 4) is 0 Å². The van der Waals surface area contributed by atoms with Crippen LogP contribution in [-0.2, 0) is 15.9 Å². The molecule has 15 heavy (non-hydrogen) atoms. The van der Waals surface area contributed by atoms with Crippen LogP contribution >= 0.6 is 0 Å². The van der Waals surface area contributed by atoms with Crippen LogP contribution in [0.3, 0.4) is 0 Å². The summed E-state index contributed by atoms with van der Waals surface area (Å²) in [5.74, 6) is 0. The highest BCUT2D eigenvalue weighted by Crippen LogP contribution is 2.03. The third-order valence-electron chi connectivity index (χ3n) is 2.27. The van der Waals surface area contributed by atoms with Gasteiger partial charge in [0.05, 0.1) is 0 Å². The molecule has 0 fully saturated rings. The van der Waals surface area contributed by atoms with Gasteiger partial charge in [-0.1, -0.05) is 37.6 Å². The second-order valence-electron chi connectivity index (χ2n) is 3.43. The van der Waals surface area contributed by atoms with Crippen LogP contribution < -0.4 is 5.46 Å². The van der Waals surface area contributed by atoms with Crippen LogP contribution in [0.15, 0.2) is 24.3 Å². The fourth-order valence-corrected chi connectivity index (χ4v) is 1.36. The van der Waals surface area contributed by atoms with Gasteiger partial charge in [-0.25, -0.2) is 0 Å². The topological polar surface area (TPSA) is 46.5 Å². The third kappa shape index (κ3) is 3.76. The fraction of sp³-hybridized carbons (Fsp3) is 0.364. The average Bonchev–Trinajstić information content (AvgIpc) is 2.27. The Morgan fingerprint density at radius 1 is 1.40 bits per heavy atom. The normalized spacial score (nSPS) is 9.73. The van der Waals surface area contributed by atoms with Crippen LogP contribution in [-0.4, -0.2) is 18.6 Å². The molecule has 0 atom stereocenters. The molecular weight excluding hydrogens is 191 g/mol. The first-order valence-corrected chi connectivity index (χ1v) is 5.14. The van der Waals surface area contributed by atoms with Gasteiger partial charge in [0.15, 0.2) is 0 Å². The number of benzene rings is 1. The van der Waals surface area contributed by atoms with E-state index < -0.39 is 7.12 Å². The molecule has 0 radical (unpaired) electrons. The summed E-state index contributed by atoms with van der Waals surface area (Å²) in [6.07, 6.45) is 3.37. The summed E-state index contributed by atoms with van der Waals surface area (Å²) in [6.45, 7) is 2.39. The summed E-state index contributed by atoms with van der Waals surface area (Å²) in [5, 5.41) is 9.33. The molecule has 0 aliphatic carbocycles. The van der Waals surface area contributed by atoms with Crippen molar-refractivity contribution in [3.05, 3.63) is 29.8 Å². The fourth-order valence-electron chi connectivity index (χ4n) is 1.36. The van der Waals surface area contributed by atoms with Crippen LogP contribution in [0.4, 0.5) is 0 Å². The Morgan fingerprint density at radius 3 is 2.60 bits per heavy atom. The molecular formula is C11H15BO3. The zero-order valence-electron chi connectivity index (χ0n) is 8.85. The molecule has 0 bridgehead atoms. The van der Waals surface area contributed by atoms with Gasteiger partial charge < -0.3 is 9.68 Å². The third-order valence-corrected chi connectivity index (χ3v) is 2.27. The van der Waals surface area contributed by atoms with Gasteiger partial charge in [0.25, 0.3) is 6.47 Å². The van der Waals surface area contributed by atoms with Crippen molar-refractivity contribution in [1.29, 1.82) is 0 Å². The van der Waals surface area contributed by atoms with Gasteiger partial charge in [-0.15, -0.1) is 0 Å². The van der Waals surface area contributed by atoms with Crippen molar-refractivity contribution in [2.45, 2.75) is 26.2 Å². The SMILES string of the molecule is CCCCc1ccc(B(O)OC=O)cc1. The Bertz CT molecular complexity index is 297. The first kappa shape index (κ1) is 11.8. The van der Waals surface area contributed by atoms with E-state index in [-0.39, 0.29) is 6.47 Å². The Hall–Kier alpha value is -1.29. The second-order valence-corrected chi connectivity index (χ2v) is 3.43. The van der Waals surface area contributed by atoms with Gasteiger partial charge >= 0.3 is 7.12 Å². The number of aryl methyl sites for hydroxylation is 1. The molecule has 1 aromatic rings. The molecule has 0 aliphatic rings. The first-order valence-electron chi connectivity index (χ1n) is 5.14.